The minimum atomic E-state index is -4.65. The van der Waals surface area contributed by atoms with E-state index in [0.29, 0.717) is 11.6 Å². The molecule has 3 rings (SSSR count). The molecule has 0 aliphatic carbocycles. The lowest BCUT2D eigenvalue weighted by Crippen LogP contribution is -2.33. The standard InChI is InChI=1S/C27H28F4N4O4/c1-3-16(2)23(33-19-7-4-17(5-8-19)26(38)32-13-12-25(36)37)15-39-24-11-10-22(34-35-24)20-9-6-18(14-21(20)28)27(29,30)31/h4-11,14,16,23,33H,3,12-13,15H2,1-2H3,(H,32,38)(H,36,37). The van der Waals surface area contributed by atoms with Gasteiger partial charge in [-0.3, -0.25) is 9.59 Å². The zero-order valence-electron chi connectivity index (χ0n) is 21.3. The van der Waals surface area contributed by atoms with Gasteiger partial charge < -0.3 is 20.5 Å². The van der Waals surface area contributed by atoms with Crippen LogP contribution in [0.3, 0.4) is 0 Å². The Morgan fingerprint density at radius 1 is 1.05 bits per heavy atom. The molecule has 0 spiro atoms. The van der Waals surface area contributed by atoms with Gasteiger partial charge >= 0.3 is 12.1 Å². The molecule has 0 bridgehead atoms. The Labute approximate surface area is 222 Å². The van der Waals surface area contributed by atoms with Crippen molar-refractivity contribution in [1.82, 2.24) is 15.5 Å². The summed E-state index contributed by atoms with van der Waals surface area (Å²) in [6.07, 6.45) is -3.98. The molecular weight excluding hydrogens is 520 g/mol. The summed E-state index contributed by atoms with van der Waals surface area (Å²) in [5.41, 5.74) is -0.00121. The lowest BCUT2D eigenvalue weighted by Gasteiger charge is -2.25. The van der Waals surface area contributed by atoms with Gasteiger partial charge in [-0.1, -0.05) is 20.3 Å². The van der Waals surface area contributed by atoms with Crippen molar-refractivity contribution in [2.75, 3.05) is 18.5 Å². The van der Waals surface area contributed by atoms with Crippen molar-refractivity contribution in [2.45, 2.75) is 38.9 Å². The van der Waals surface area contributed by atoms with Gasteiger partial charge in [0.15, 0.2) is 0 Å². The molecule has 1 heterocycles. The fraction of sp³-hybridized carbons (Fsp3) is 0.333. The van der Waals surface area contributed by atoms with Gasteiger partial charge in [0.2, 0.25) is 5.88 Å². The molecule has 39 heavy (non-hydrogen) atoms. The normalized spacial score (nSPS) is 12.9. The molecule has 12 heteroatoms. The average molecular weight is 549 g/mol. The number of hydrogen-bond donors (Lipinski definition) is 3. The summed E-state index contributed by atoms with van der Waals surface area (Å²) in [4.78, 5) is 22.7. The van der Waals surface area contributed by atoms with Gasteiger partial charge in [-0.05, 0) is 54.4 Å². The Morgan fingerprint density at radius 2 is 1.77 bits per heavy atom. The maximum absolute atomic E-state index is 14.3. The van der Waals surface area contributed by atoms with E-state index in [0.717, 1.165) is 24.2 Å². The maximum Gasteiger partial charge on any atom is 0.416 e. The Hall–Kier alpha value is -4.22. The lowest BCUT2D eigenvalue weighted by molar-refractivity contribution is -0.138. The number of aliphatic carboxylic acids is 1. The number of carbonyl (C=O) groups is 2. The van der Waals surface area contributed by atoms with E-state index < -0.39 is 23.5 Å². The molecule has 2 unspecified atom stereocenters. The highest BCUT2D eigenvalue weighted by atomic mass is 19.4. The van der Waals surface area contributed by atoms with E-state index in [1.165, 1.54) is 12.1 Å². The van der Waals surface area contributed by atoms with Gasteiger partial charge in [-0.25, -0.2) is 4.39 Å². The monoisotopic (exact) mass is 548 g/mol. The summed E-state index contributed by atoms with van der Waals surface area (Å²) in [6, 6.07) is 11.6. The molecule has 208 valence electrons. The number of rotatable bonds is 12. The van der Waals surface area contributed by atoms with Crippen molar-refractivity contribution in [3.63, 3.8) is 0 Å². The van der Waals surface area contributed by atoms with Crippen LogP contribution >= 0.6 is 0 Å². The minimum absolute atomic E-state index is 0.0325. The molecule has 0 aliphatic rings. The van der Waals surface area contributed by atoms with Crippen LogP contribution in [0.15, 0.2) is 54.6 Å². The number of nitrogens with zero attached hydrogens (tertiary/aromatic N) is 2. The van der Waals surface area contributed by atoms with Gasteiger partial charge in [0.25, 0.3) is 5.91 Å². The van der Waals surface area contributed by atoms with E-state index in [2.05, 4.69) is 20.8 Å². The molecule has 0 fully saturated rings. The number of amides is 1. The van der Waals surface area contributed by atoms with E-state index in [9.17, 15) is 27.2 Å². The summed E-state index contributed by atoms with van der Waals surface area (Å²) in [5, 5.41) is 22.4. The molecule has 0 saturated heterocycles. The molecule has 0 radical (unpaired) electrons. The van der Waals surface area contributed by atoms with Crippen LogP contribution in [0.4, 0.5) is 23.2 Å². The summed E-state index contributed by atoms with van der Waals surface area (Å²) >= 11 is 0. The molecule has 3 N–H and O–H groups in total. The van der Waals surface area contributed by atoms with Crippen molar-refractivity contribution >= 4 is 17.6 Å². The molecule has 0 aliphatic heterocycles. The fourth-order valence-corrected chi connectivity index (χ4v) is 3.56. The Kier molecular flexibility index (Phi) is 9.80. The predicted molar refractivity (Wildman–Crippen MR) is 136 cm³/mol. The highest BCUT2D eigenvalue weighted by Gasteiger charge is 2.31. The Balaban J connectivity index is 1.61. The van der Waals surface area contributed by atoms with E-state index in [-0.39, 0.29) is 54.6 Å². The van der Waals surface area contributed by atoms with Gasteiger partial charge in [0.1, 0.15) is 12.4 Å². The molecule has 0 saturated carbocycles. The third kappa shape index (κ3) is 8.39. The van der Waals surface area contributed by atoms with Crippen LogP contribution in [0.5, 0.6) is 5.88 Å². The maximum atomic E-state index is 14.3. The van der Waals surface area contributed by atoms with Gasteiger partial charge in [0, 0.05) is 29.4 Å². The van der Waals surface area contributed by atoms with Gasteiger partial charge in [0.05, 0.1) is 23.7 Å². The number of carboxylic acids is 1. The predicted octanol–water partition coefficient (Wildman–Crippen LogP) is 5.41. The first-order valence-corrected chi connectivity index (χ1v) is 12.2. The molecule has 8 nitrogen and oxygen atoms in total. The summed E-state index contributed by atoms with van der Waals surface area (Å²) in [7, 11) is 0. The summed E-state index contributed by atoms with van der Waals surface area (Å²) in [5.74, 6) is -2.09. The van der Waals surface area contributed by atoms with Crippen LogP contribution in [0.2, 0.25) is 0 Å². The van der Waals surface area contributed by atoms with Crippen LogP contribution in [-0.2, 0) is 11.0 Å². The van der Waals surface area contributed by atoms with Crippen molar-refractivity contribution in [3.05, 3.63) is 71.5 Å². The van der Waals surface area contributed by atoms with Crippen molar-refractivity contribution in [1.29, 1.82) is 0 Å². The summed E-state index contributed by atoms with van der Waals surface area (Å²) in [6.45, 7) is 4.30. The first kappa shape index (κ1) is 29.3. The van der Waals surface area contributed by atoms with Gasteiger partial charge in [-0.2, -0.15) is 13.2 Å². The molecule has 3 aromatic rings. The number of halogens is 4. The smallest absolute Gasteiger partial charge is 0.416 e. The Bertz CT molecular complexity index is 1270. The second-order valence-electron chi connectivity index (χ2n) is 8.87. The topological polar surface area (TPSA) is 113 Å². The van der Waals surface area contributed by atoms with Gasteiger partial charge in [-0.15, -0.1) is 10.2 Å². The number of aromatic nitrogens is 2. The number of ether oxygens (including phenoxy) is 1. The van der Waals surface area contributed by atoms with Crippen molar-refractivity contribution in [2.24, 2.45) is 5.92 Å². The third-order valence-electron chi connectivity index (χ3n) is 6.08. The fourth-order valence-electron chi connectivity index (χ4n) is 3.56. The van der Waals surface area contributed by atoms with Crippen LogP contribution in [0, 0.1) is 11.7 Å². The SMILES string of the molecule is CCC(C)C(COc1ccc(-c2ccc(C(F)(F)F)cc2F)nn1)Nc1ccc(C(=O)NCCC(=O)O)cc1. The minimum Gasteiger partial charge on any atom is -0.481 e. The number of hydrogen-bond acceptors (Lipinski definition) is 6. The number of carboxylic acid groups (broad SMARTS) is 1. The summed E-state index contributed by atoms with van der Waals surface area (Å²) < 4.78 is 58.4. The number of benzene rings is 2. The molecule has 1 aromatic heterocycles. The zero-order chi connectivity index (χ0) is 28.6. The van der Waals surface area contributed by atoms with E-state index >= 15 is 0 Å². The second kappa shape index (κ2) is 13.0. The highest BCUT2D eigenvalue weighted by molar-refractivity contribution is 5.94. The molecular formula is C27H28F4N4O4. The molecule has 2 aromatic carbocycles. The third-order valence-corrected chi connectivity index (χ3v) is 6.08. The van der Waals surface area contributed by atoms with Crippen LogP contribution in [-0.4, -0.2) is 46.4 Å². The largest absolute Gasteiger partial charge is 0.481 e. The van der Waals surface area contributed by atoms with Crippen LogP contribution < -0.4 is 15.4 Å². The first-order chi connectivity index (χ1) is 18.5. The second-order valence-corrected chi connectivity index (χ2v) is 8.87. The van der Waals surface area contributed by atoms with E-state index in [1.807, 2.05) is 13.8 Å². The van der Waals surface area contributed by atoms with Crippen molar-refractivity contribution in [3.8, 4) is 17.1 Å². The average Bonchev–Trinajstić information content (AvgIpc) is 2.90. The zero-order valence-corrected chi connectivity index (χ0v) is 21.3. The highest BCUT2D eigenvalue weighted by Crippen LogP contribution is 2.32. The molecule has 2 atom stereocenters. The van der Waals surface area contributed by atoms with E-state index in [1.54, 1.807) is 24.3 Å². The lowest BCUT2D eigenvalue weighted by atomic mass is 9.99. The Morgan fingerprint density at radius 3 is 2.33 bits per heavy atom. The number of nitrogens with one attached hydrogen (secondary N) is 2. The van der Waals surface area contributed by atoms with Crippen LogP contribution in [0.1, 0.15) is 42.6 Å². The van der Waals surface area contributed by atoms with Crippen molar-refractivity contribution < 1.29 is 37.0 Å². The number of carbonyl (C=O) groups excluding carboxylic acids is 1. The molecule has 1 amide bonds. The van der Waals surface area contributed by atoms with Crippen LogP contribution in [0.25, 0.3) is 11.3 Å². The number of anilines is 1. The van der Waals surface area contributed by atoms with E-state index in [4.69, 9.17) is 9.84 Å². The quantitative estimate of drug-likeness (QED) is 0.259. The number of alkyl halides is 3. The first-order valence-electron chi connectivity index (χ1n) is 12.2.